The Hall–Kier alpha value is -3.34. The van der Waals surface area contributed by atoms with Gasteiger partial charge in [-0.1, -0.05) is 29.8 Å². The van der Waals surface area contributed by atoms with Crippen LogP contribution in [0.25, 0.3) is 21.3 Å². The molecule has 10 heteroatoms. The van der Waals surface area contributed by atoms with Crippen LogP contribution in [0.15, 0.2) is 65.1 Å². The van der Waals surface area contributed by atoms with E-state index < -0.39 is 15.9 Å². The van der Waals surface area contributed by atoms with Crippen molar-refractivity contribution in [3.63, 3.8) is 0 Å². The standard InChI is InChI=1S/C24H23N5O3S2/c1-16-2-4-17(5-3-16)20-14-33-24-21(20)23(26-15-27-24)28-10-12-29(13-11-28)34(31,32)19-8-6-18(7-9-19)22(25)30/h2-9,14-15H,10-13H2,1H3,(H2,25,30). The van der Waals surface area contributed by atoms with Gasteiger partial charge in [0, 0.05) is 42.7 Å². The number of carbonyl (C=O) groups excluding carboxylic acids is 1. The van der Waals surface area contributed by atoms with Gasteiger partial charge >= 0.3 is 0 Å². The maximum atomic E-state index is 13.1. The van der Waals surface area contributed by atoms with Crippen molar-refractivity contribution in [1.82, 2.24) is 14.3 Å². The van der Waals surface area contributed by atoms with Crippen LogP contribution in [0.2, 0.25) is 0 Å². The molecule has 1 saturated heterocycles. The lowest BCUT2D eigenvalue weighted by Crippen LogP contribution is -2.49. The summed E-state index contributed by atoms with van der Waals surface area (Å²) in [6, 6.07) is 14.1. The van der Waals surface area contributed by atoms with Crippen LogP contribution in [0.5, 0.6) is 0 Å². The Morgan fingerprint density at radius 1 is 0.971 bits per heavy atom. The number of sulfonamides is 1. The molecule has 2 aromatic carbocycles. The molecule has 8 nitrogen and oxygen atoms in total. The van der Waals surface area contributed by atoms with E-state index in [1.54, 1.807) is 17.7 Å². The first-order chi connectivity index (χ1) is 16.3. The van der Waals surface area contributed by atoms with Gasteiger partial charge in [0.25, 0.3) is 0 Å². The van der Waals surface area contributed by atoms with Crippen LogP contribution >= 0.6 is 11.3 Å². The minimum Gasteiger partial charge on any atom is -0.366 e. The molecule has 174 valence electrons. The maximum absolute atomic E-state index is 13.1. The van der Waals surface area contributed by atoms with Crippen molar-refractivity contribution in [3.05, 3.63) is 71.4 Å². The van der Waals surface area contributed by atoms with Gasteiger partial charge in [-0.15, -0.1) is 11.3 Å². The summed E-state index contributed by atoms with van der Waals surface area (Å²) in [6.45, 7) is 3.73. The van der Waals surface area contributed by atoms with Crippen molar-refractivity contribution >= 4 is 43.3 Å². The summed E-state index contributed by atoms with van der Waals surface area (Å²) in [6.07, 6.45) is 1.57. The summed E-state index contributed by atoms with van der Waals surface area (Å²) in [5.41, 5.74) is 8.92. The van der Waals surface area contributed by atoms with Crippen LogP contribution in [0.3, 0.4) is 0 Å². The largest absolute Gasteiger partial charge is 0.366 e. The molecule has 0 unspecified atom stereocenters. The topological polar surface area (TPSA) is 109 Å². The number of anilines is 1. The van der Waals surface area contributed by atoms with Gasteiger partial charge in [-0.3, -0.25) is 4.79 Å². The molecular formula is C24H23N5O3S2. The van der Waals surface area contributed by atoms with Crippen LogP contribution in [0, 0.1) is 6.92 Å². The first kappa shape index (κ1) is 22.5. The molecule has 0 atom stereocenters. The van der Waals surface area contributed by atoms with Gasteiger partial charge in [0.1, 0.15) is 17.0 Å². The Labute approximate surface area is 201 Å². The highest BCUT2D eigenvalue weighted by atomic mass is 32.2. The van der Waals surface area contributed by atoms with Gasteiger partial charge < -0.3 is 10.6 Å². The molecule has 2 aromatic heterocycles. The SMILES string of the molecule is Cc1ccc(-c2csc3ncnc(N4CCN(S(=O)(=O)c5ccc(C(N)=O)cc5)CC4)c23)cc1. The van der Waals surface area contributed by atoms with Crippen LogP contribution in [-0.2, 0) is 10.0 Å². The second kappa shape index (κ2) is 8.79. The number of hydrogen-bond donors (Lipinski definition) is 1. The molecule has 4 aromatic rings. The molecule has 0 radical (unpaired) electrons. The number of nitrogens with two attached hydrogens (primary N) is 1. The molecule has 0 spiro atoms. The van der Waals surface area contributed by atoms with E-state index in [0.29, 0.717) is 26.2 Å². The van der Waals surface area contributed by atoms with Crippen LogP contribution in [-0.4, -0.2) is 54.8 Å². The number of piperazine rings is 1. The van der Waals surface area contributed by atoms with E-state index in [4.69, 9.17) is 5.73 Å². The number of aryl methyl sites for hydroxylation is 1. The number of fused-ring (bicyclic) bond motifs is 1. The highest BCUT2D eigenvalue weighted by Gasteiger charge is 2.30. The molecule has 2 N–H and O–H groups in total. The van der Waals surface area contributed by atoms with Gasteiger partial charge in [-0.25, -0.2) is 18.4 Å². The summed E-state index contributed by atoms with van der Waals surface area (Å²) in [4.78, 5) is 23.5. The molecule has 1 aliphatic rings. The van der Waals surface area contributed by atoms with Crippen LogP contribution in [0.1, 0.15) is 15.9 Å². The van der Waals surface area contributed by atoms with Crippen molar-refractivity contribution in [2.45, 2.75) is 11.8 Å². The molecule has 1 fully saturated rings. The van der Waals surface area contributed by atoms with Crippen molar-refractivity contribution in [1.29, 1.82) is 0 Å². The summed E-state index contributed by atoms with van der Waals surface area (Å²) in [5, 5.41) is 3.10. The smallest absolute Gasteiger partial charge is 0.248 e. The maximum Gasteiger partial charge on any atom is 0.248 e. The zero-order chi connectivity index (χ0) is 23.9. The van der Waals surface area contributed by atoms with E-state index in [1.165, 1.54) is 34.1 Å². The molecule has 0 aliphatic carbocycles. The van der Waals surface area contributed by atoms with E-state index in [-0.39, 0.29) is 10.5 Å². The number of benzene rings is 2. The number of hydrogen-bond acceptors (Lipinski definition) is 7. The predicted octanol–water partition coefficient (Wildman–Crippen LogP) is 3.28. The molecule has 5 rings (SSSR count). The van der Waals surface area contributed by atoms with E-state index in [9.17, 15) is 13.2 Å². The second-order valence-electron chi connectivity index (χ2n) is 8.17. The summed E-state index contributed by atoms with van der Waals surface area (Å²) in [7, 11) is -3.67. The van der Waals surface area contributed by atoms with E-state index in [1.807, 2.05) is 0 Å². The number of rotatable bonds is 5. The third-order valence-corrected chi connectivity index (χ3v) is 8.83. The number of thiophene rings is 1. The number of nitrogens with zero attached hydrogens (tertiary/aromatic N) is 4. The van der Waals surface area contributed by atoms with Crippen molar-refractivity contribution in [3.8, 4) is 11.1 Å². The van der Waals surface area contributed by atoms with Crippen molar-refractivity contribution in [2.24, 2.45) is 5.73 Å². The Balaban J connectivity index is 1.39. The van der Waals surface area contributed by atoms with Gasteiger partial charge in [-0.05, 0) is 36.8 Å². The molecule has 0 saturated carbocycles. The first-order valence-electron chi connectivity index (χ1n) is 10.8. The average Bonchev–Trinajstić information content (AvgIpc) is 3.29. The zero-order valence-electron chi connectivity index (χ0n) is 18.5. The van der Waals surface area contributed by atoms with Crippen molar-refractivity contribution in [2.75, 3.05) is 31.1 Å². The average molecular weight is 494 g/mol. The first-order valence-corrected chi connectivity index (χ1v) is 13.1. The minimum atomic E-state index is -3.67. The molecule has 3 heterocycles. The quantitative estimate of drug-likeness (QED) is 0.457. The molecular weight excluding hydrogens is 470 g/mol. The zero-order valence-corrected chi connectivity index (χ0v) is 20.1. The van der Waals surface area contributed by atoms with Gasteiger partial charge in [0.05, 0.1) is 10.3 Å². The summed E-state index contributed by atoms with van der Waals surface area (Å²) < 4.78 is 27.7. The third-order valence-electron chi connectivity index (χ3n) is 6.03. The van der Waals surface area contributed by atoms with Gasteiger partial charge in [0.15, 0.2) is 0 Å². The van der Waals surface area contributed by atoms with Crippen LogP contribution < -0.4 is 10.6 Å². The van der Waals surface area contributed by atoms with Crippen molar-refractivity contribution < 1.29 is 13.2 Å². The molecule has 1 aliphatic heterocycles. The normalized spacial score (nSPS) is 15.0. The third kappa shape index (κ3) is 4.04. The number of aromatic nitrogens is 2. The Morgan fingerprint density at radius 3 is 2.29 bits per heavy atom. The number of primary amides is 1. The Bertz CT molecular complexity index is 1460. The number of amides is 1. The fourth-order valence-electron chi connectivity index (χ4n) is 4.13. The Kier molecular flexibility index (Phi) is 5.80. The lowest BCUT2D eigenvalue weighted by molar-refractivity contribution is 0.1000. The fourth-order valence-corrected chi connectivity index (χ4v) is 6.46. The van der Waals surface area contributed by atoms with Crippen LogP contribution in [0.4, 0.5) is 5.82 Å². The van der Waals surface area contributed by atoms with E-state index in [2.05, 4.69) is 51.4 Å². The highest BCUT2D eigenvalue weighted by molar-refractivity contribution is 7.89. The monoisotopic (exact) mass is 493 g/mol. The van der Waals surface area contributed by atoms with E-state index in [0.717, 1.165) is 27.2 Å². The summed E-state index contributed by atoms with van der Waals surface area (Å²) in [5.74, 6) is 0.233. The molecule has 0 bridgehead atoms. The van der Waals surface area contributed by atoms with E-state index >= 15 is 0 Å². The second-order valence-corrected chi connectivity index (χ2v) is 11.0. The highest BCUT2D eigenvalue weighted by Crippen LogP contribution is 2.38. The number of carbonyl (C=O) groups is 1. The fraction of sp³-hybridized carbons (Fsp3) is 0.208. The Morgan fingerprint density at radius 2 is 1.65 bits per heavy atom. The molecule has 34 heavy (non-hydrogen) atoms. The van der Waals surface area contributed by atoms with Gasteiger partial charge in [-0.2, -0.15) is 4.31 Å². The predicted molar refractivity (Wildman–Crippen MR) is 134 cm³/mol. The lowest BCUT2D eigenvalue weighted by atomic mass is 10.0. The summed E-state index contributed by atoms with van der Waals surface area (Å²) >= 11 is 1.58. The van der Waals surface area contributed by atoms with Gasteiger partial charge in [0.2, 0.25) is 15.9 Å². The minimum absolute atomic E-state index is 0.148. The lowest BCUT2D eigenvalue weighted by Gasteiger charge is -2.35. The molecule has 1 amide bonds.